The molecule has 26 heavy (non-hydrogen) atoms. The second kappa shape index (κ2) is 6.24. The van der Waals surface area contributed by atoms with E-state index in [1.807, 2.05) is 30.4 Å². The minimum Gasteiger partial charge on any atom is -0.383 e. The SMILES string of the molecule is NC(=O)c1cnc(N)c2c1sc1cc(C=Cc3ccc(F)cc3)ccc12. The summed E-state index contributed by atoms with van der Waals surface area (Å²) in [6.07, 6.45) is 5.29. The fourth-order valence-electron chi connectivity index (χ4n) is 2.86. The number of anilines is 1. The number of amides is 1. The number of carbonyl (C=O) groups excluding carboxylic acids is 1. The molecule has 0 saturated carbocycles. The molecule has 6 heteroatoms. The summed E-state index contributed by atoms with van der Waals surface area (Å²) in [7, 11) is 0. The van der Waals surface area contributed by atoms with Gasteiger partial charge in [-0.15, -0.1) is 11.3 Å². The van der Waals surface area contributed by atoms with Crippen LogP contribution in [0, 0.1) is 5.82 Å². The summed E-state index contributed by atoms with van der Waals surface area (Å²) >= 11 is 1.46. The van der Waals surface area contributed by atoms with Crippen LogP contribution in [-0.2, 0) is 0 Å². The number of nitrogens with zero attached hydrogens (tertiary/aromatic N) is 1. The van der Waals surface area contributed by atoms with E-state index in [2.05, 4.69) is 4.98 Å². The van der Waals surface area contributed by atoms with E-state index in [0.29, 0.717) is 11.4 Å². The molecule has 4 N–H and O–H groups in total. The first-order valence-corrected chi connectivity index (χ1v) is 8.69. The molecule has 0 aliphatic rings. The van der Waals surface area contributed by atoms with E-state index in [0.717, 1.165) is 31.3 Å². The Kier molecular flexibility index (Phi) is 3.89. The molecule has 128 valence electrons. The van der Waals surface area contributed by atoms with Gasteiger partial charge in [-0.1, -0.05) is 36.4 Å². The van der Waals surface area contributed by atoms with Crippen LogP contribution in [-0.4, -0.2) is 10.9 Å². The molecule has 0 saturated heterocycles. The third kappa shape index (κ3) is 2.80. The topological polar surface area (TPSA) is 82.0 Å². The van der Waals surface area contributed by atoms with Crippen LogP contribution >= 0.6 is 11.3 Å². The molecule has 0 aliphatic heterocycles. The van der Waals surface area contributed by atoms with Crippen molar-refractivity contribution in [2.45, 2.75) is 0 Å². The summed E-state index contributed by atoms with van der Waals surface area (Å²) in [4.78, 5) is 15.8. The summed E-state index contributed by atoms with van der Waals surface area (Å²) in [5.74, 6) is -0.401. The lowest BCUT2D eigenvalue weighted by molar-refractivity contribution is 0.100. The summed E-state index contributed by atoms with van der Waals surface area (Å²) in [6.45, 7) is 0. The van der Waals surface area contributed by atoms with Crippen LogP contribution in [0.1, 0.15) is 21.5 Å². The Morgan fingerprint density at radius 3 is 2.50 bits per heavy atom. The van der Waals surface area contributed by atoms with E-state index < -0.39 is 5.91 Å². The van der Waals surface area contributed by atoms with Crippen LogP contribution < -0.4 is 11.5 Å². The van der Waals surface area contributed by atoms with Crippen LogP contribution in [0.2, 0.25) is 0 Å². The number of benzene rings is 2. The van der Waals surface area contributed by atoms with Gasteiger partial charge in [-0.3, -0.25) is 4.79 Å². The molecular weight excluding hydrogens is 349 g/mol. The van der Waals surface area contributed by atoms with Gasteiger partial charge >= 0.3 is 0 Å². The molecule has 4 aromatic rings. The minimum atomic E-state index is -0.523. The molecule has 1 amide bonds. The zero-order valence-electron chi connectivity index (χ0n) is 13.6. The first kappa shape index (κ1) is 16.2. The quantitative estimate of drug-likeness (QED) is 0.528. The molecule has 0 unspecified atom stereocenters. The van der Waals surface area contributed by atoms with Crippen LogP contribution in [0.15, 0.2) is 48.7 Å². The number of nitrogen functional groups attached to an aromatic ring is 1. The fourth-order valence-corrected chi connectivity index (χ4v) is 4.13. The summed E-state index contributed by atoms with van der Waals surface area (Å²) < 4.78 is 14.7. The highest BCUT2D eigenvalue weighted by Crippen LogP contribution is 2.38. The Balaban J connectivity index is 1.81. The molecule has 0 bridgehead atoms. The van der Waals surface area contributed by atoms with Gasteiger partial charge in [0.25, 0.3) is 5.91 Å². The average Bonchev–Trinajstić information content (AvgIpc) is 3.00. The van der Waals surface area contributed by atoms with Gasteiger partial charge in [0.05, 0.1) is 10.3 Å². The normalized spacial score (nSPS) is 11.6. The molecule has 0 spiro atoms. The van der Waals surface area contributed by atoms with Gasteiger partial charge in [0, 0.05) is 21.7 Å². The van der Waals surface area contributed by atoms with Crippen molar-refractivity contribution in [3.8, 4) is 0 Å². The monoisotopic (exact) mass is 363 g/mol. The van der Waals surface area contributed by atoms with Gasteiger partial charge in [0.15, 0.2) is 0 Å². The van der Waals surface area contributed by atoms with Gasteiger partial charge < -0.3 is 11.5 Å². The lowest BCUT2D eigenvalue weighted by Crippen LogP contribution is -2.11. The van der Waals surface area contributed by atoms with E-state index >= 15 is 0 Å². The van der Waals surface area contributed by atoms with Crippen LogP contribution in [0.5, 0.6) is 0 Å². The molecule has 0 atom stereocenters. The fraction of sp³-hybridized carbons (Fsp3) is 0. The van der Waals surface area contributed by atoms with Crippen LogP contribution in [0.25, 0.3) is 32.3 Å². The molecule has 0 radical (unpaired) electrons. The molecule has 0 aliphatic carbocycles. The number of hydrogen-bond donors (Lipinski definition) is 2. The molecule has 4 rings (SSSR count). The van der Waals surface area contributed by atoms with E-state index in [1.165, 1.54) is 29.7 Å². The predicted molar refractivity (Wildman–Crippen MR) is 105 cm³/mol. The number of hydrogen-bond acceptors (Lipinski definition) is 4. The lowest BCUT2D eigenvalue weighted by Gasteiger charge is -2.00. The zero-order valence-corrected chi connectivity index (χ0v) is 14.4. The average molecular weight is 363 g/mol. The molecule has 0 fully saturated rings. The van der Waals surface area contributed by atoms with Crippen molar-refractivity contribution in [3.05, 3.63) is 71.2 Å². The number of thiophene rings is 1. The van der Waals surface area contributed by atoms with Gasteiger partial charge in [0.1, 0.15) is 11.6 Å². The van der Waals surface area contributed by atoms with Crippen molar-refractivity contribution in [2.24, 2.45) is 5.73 Å². The zero-order chi connectivity index (χ0) is 18.3. The molecule has 2 aromatic carbocycles. The number of fused-ring (bicyclic) bond motifs is 3. The Bertz CT molecular complexity index is 1180. The van der Waals surface area contributed by atoms with Gasteiger partial charge in [-0.25, -0.2) is 9.37 Å². The van der Waals surface area contributed by atoms with E-state index in [-0.39, 0.29) is 5.82 Å². The minimum absolute atomic E-state index is 0.259. The smallest absolute Gasteiger partial charge is 0.251 e. The second-order valence-electron chi connectivity index (χ2n) is 5.87. The standard InChI is InChI=1S/C20H14FN3OS/c21-13-6-3-11(4-7-13)1-2-12-5-8-14-16(9-12)26-18-15(20(23)25)10-24-19(22)17(14)18/h1-10H,(H2,22,24)(H2,23,25). The van der Waals surface area contributed by atoms with Crippen molar-refractivity contribution in [1.82, 2.24) is 4.98 Å². The maximum Gasteiger partial charge on any atom is 0.251 e. The van der Waals surface area contributed by atoms with Gasteiger partial charge in [-0.05, 0) is 29.3 Å². The Labute approximate surface area is 152 Å². The van der Waals surface area contributed by atoms with Crippen LogP contribution in [0.3, 0.4) is 0 Å². The Morgan fingerprint density at radius 2 is 1.77 bits per heavy atom. The first-order chi connectivity index (χ1) is 12.5. The maximum absolute atomic E-state index is 13.0. The number of halogens is 1. The van der Waals surface area contributed by atoms with Crippen molar-refractivity contribution in [1.29, 1.82) is 0 Å². The molecule has 2 aromatic heterocycles. The van der Waals surface area contributed by atoms with Gasteiger partial charge in [-0.2, -0.15) is 0 Å². The number of nitrogens with two attached hydrogens (primary N) is 2. The predicted octanol–water partition coefficient (Wildman–Crippen LogP) is 4.44. The lowest BCUT2D eigenvalue weighted by atomic mass is 10.1. The van der Waals surface area contributed by atoms with Crippen molar-refractivity contribution < 1.29 is 9.18 Å². The van der Waals surface area contributed by atoms with Crippen molar-refractivity contribution in [2.75, 3.05) is 5.73 Å². The maximum atomic E-state index is 13.0. The summed E-state index contributed by atoms with van der Waals surface area (Å²) in [5.41, 5.74) is 13.7. The second-order valence-corrected chi connectivity index (χ2v) is 6.92. The van der Waals surface area contributed by atoms with E-state index in [4.69, 9.17) is 11.5 Å². The van der Waals surface area contributed by atoms with E-state index in [1.54, 1.807) is 12.1 Å². The van der Waals surface area contributed by atoms with Gasteiger partial charge in [0.2, 0.25) is 0 Å². The third-order valence-corrected chi connectivity index (χ3v) is 5.34. The van der Waals surface area contributed by atoms with Crippen molar-refractivity contribution >= 4 is 55.4 Å². The molecule has 4 nitrogen and oxygen atoms in total. The van der Waals surface area contributed by atoms with Crippen LogP contribution in [0.4, 0.5) is 10.2 Å². The summed E-state index contributed by atoms with van der Waals surface area (Å²) in [5, 5.41) is 1.70. The highest BCUT2D eigenvalue weighted by atomic mass is 32.1. The largest absolute Gasteiger partial charge is 0.383 e. The highest BCUT2D eigenvalue weighted by molar-refractivity contribution is 7.26. The van der Waals surface area contributed by atoms with Crippen molar-refractivity contribution in [3.63, 3.8) is 0 Å². The Hall–Kier alpha value is -3.25. The summed E-state index contributed by atoms with van der Waals surface area (Å²) in [6, 6.07) is 12.2. The first-order valence-electron chi connectivity index (χ1n) is 7.87. The third-order valence-electron chi connectivity index (χ3n) is 4.15. The number of rotatable bonds is 3. The number of carbonyl (C=O) groups is 1. The molecule has 2 heterocycles. The number of pyridine rings is 1. The highest BCUT2D eigenvalue weighted by Gasteiger charge is 2.15. The number of primary amides is 1. The Morgan fingerprint density at radius 1 is 1.08 bits per heavy atom. The number of aromatic nitrogens is 1. The molecular formula is C20H14FN3OS. The van der Waals surface area contributed by atoms with E-state index in [9.17, 15) is 9.18 Å².